The van der Waals surface area contributed by atoms with Crippen LogP contribution in [0.2, 0.25) is 4.34 Å². The maximum atomic E-state index is 12.9. The van der Waals surface area contributed by atoms with E-state index in [4.69, 9.17) is 21.1 Å². The Morgan fingerprint density at radius 2 is 1.47 bits per heavy atom. The minimum atomic E-state index is -0.535. The zero-order valence-corrected chi connectivity index (χ0v) is 18.8. The monoisotopic (exact) mass is 447 g/mol. The van der Waals surface area contributed by atoms with Gasteiger partial charge in [0.1, 0.15) is 0 Å². The van der Waals surface area contributed by atoms with Crippen molar-refractivity contribution in [1.82, 2.24) is 4.90 Å². The molecule has 0 amide bonds. The van der Waals surface area contributed by atoms with Gasteiger partial charge in [-0.15, -0.1) is 11.3 Å². The number of halogens is 1. The van der Waals surface area contributed by atoms with Gasteiger partial charge in [0.2, 0.25) is 0 Å². The predicted molar refractivity (Wildman–Crippen MR) is 115 cm³/mol. The highest BCUT2D eigenvalue weighted by atomic mass is 35.5. The van der Waals surface area contributed by atoms with E-state index >= 15 is 0 Å². The minimum absolute atomic E-state index is 0.0225. The molecule has 0 saturated heterocycles. The first-order chi connectivity index (χ1) is 14.4. The lowest BCUT2D eigenvalue weighted by atomic mass is 9.52. The smallest absolute Gasteiger partial charge is 0.336 e. The SMILES string of the molecule is COC(=O)C1=CN(C23CC4CC(CC(C4)C2)C3)C=C(C(=O)OC)C1c1ccc(Cl)s1. The van der Waals surface area contributed by atoms with Crippen molar-refractivity contribution in [1.29, 1.82) is 0 Å². The van der Waals surface area contributed by atoms with E-state index in [-0.39, 0.29) is 5.54 Å². The van der Waals surface area contributed by atoms with E-state index in [0.717, 1.165) is 41.9 Å². The lowest BCUT2D eigenvalue weighted by Crippen LogP contribution is -2.57. The number of carbonyl (C=O) groups is 2. The maximum Gasteiger partial charge on any atom is 0.336 e. The second-order valence-corrected chi connectivity index (χ2v) is 11.0. The number of nitrogens with zero attached hydrogens (tertiary/aromatic N) is 1. The number of carbonyl (C=O) groups excluding carboxylic acids is 2. The van der Waals surface area contributed by atoms with E-state index < -0.39 is 17.9 Å². The van der Waals surface area contributed by atoms with Gasteiger partial charge < -0.3 is 14.4 Å². The topological polar surface area (TPSA) is 55.8 Å². The molecule has 0 atom stereocenters. The van der Waals surface area contributed by atoms with Crippen LogP contribution in [0.4, 0.5) is 0 Å². The van der Waals surface area contributed by atoms with Crippen LogP contribution in [0, 0.1) is 17.8 Å². The molecule has 0 N–H and O–H groups in total. The molecule has 5 aliphatic rings. The van der Waals surface area contributed by atoms with Crippen molar-refractivity contribution in [3.05, 3.63) is 44.9 Å². The summed E-state index contributed by atoms with van der Waals surface area (Å²) in [7, 11) is 2.76. The Balaban J connectivity index is 1.61. The molecule has 1 aliphatic heterocycles. The van der Waals surface area contributed by atoms with Gasteiger partial charge in [-0.3, -0.25) is 0 Å². The van der Waals surface area contributed by atoms with Gasteiger partial charge in [-0.1, -0.05) is 11.6 Å². The highest BCUT2D eigenvalue weighted by molar-refractivity contribution is 7.16. The molecule has 160 valence electrons. The van der Waals surface area contributed by atoms with Crippen molar-refractivity contribution < 1.29 is 19.1 Å². The molecule has 0 unspecified atom stereocenters. The predicted octanol–water partition coefficient (Wildman–Crippen LogP) is 4.88. The van der Waals surface area contributed by atoms with Crippen molar-refractivity contribution in [3.63, 3.8) is 0 Å². The second-order valence-electron chi connectivity index (χ2n) is 9.28. The average molecular weight is 448 g/mol. The highest BCUT2D eigenvalue weighted by Crippen LogP contribution is 2.59. The molecule has 4 saturated carbocycles. The Morgan fingerprint density at radius 3 is 1.87 bits per heavy atom. The van der Waals surface area contributed by atoms with Crippen LogP contribution in [-0.4, -0.2) is 36.6 Å². The van der Waals surface area contributed by atoms with E-state index in [1.165, 1.54) is 44.8 Å². The van der Waals surface area contributed by atoms with Gasteiger partial charge in [-0.25, -0.2) is 9.59 Å². The summed E-state index contributed by atoms with van der Waals surface area (Å²) in [5.74, 6) is 0.857. The molecule has 1 aromatic rings. The third kappa shape index (κ3) is 3.19. The van der Waals surface area contributed by atoms with Crippen LogP contribution >= 0.6 is 22.9 Å². The standard InChI is InChI=1S/C23H26ClNO4S/c1-28-21(26)16-11-25(23-8-13-5-14(9-23)7-15(6-13)10-23)12-17(22(27)29-2)20(16)18-3-4-19(24)30-18/h3-4,11-15,20H,5-10H2,1-2H3. The minimum Gasteiger partial charge on any atom is -0.466 e. The van der Waals surface area contributed by atoms with E-state index in [1.807, 2.05) is 18.5 Å². The lowest BCUT2D eigenvalue weighted by Gasteiger charge is -2.60. The van der Waals surface area contributed by atoms with Crippen molar-refractivity contribution in [2.45, 2.75) is 50.0 Å². The summed E-state index contributed by atoms with van der Waals surface area (Å²) in [6.07, 6.45) is 11.2. The van der Waals surface area contributed by atoms with Crippen molar-refractivity contribution in [2.75, 3.05) is 14.2 Å². The van der Waals surface area contributed by atoms with Crippen LogP contribution in [0.5, 0.6) is 0 Å². The third-order valence-corrected chi connectivity index (χ3v) is 8.75. The molecule has 30 heavy (non-hydrogen) atoms. The van der Waals surface area contributed by atoms with Crippen molar-refractivity contribution >= 4 is 34.9 Å². The van der Waals surface area contributed by atoms with E-state index in [1.54, 1.807) is 6.07 Å². The van der Waals surface area contributed by atoms with Gasteiger partial charge in [0.05, 0.1) is 35.6 Å². The Labute approximate surface area is 185 Å². The van der Waals surface area contributed by atoms with E-state index in [0.29, 0.717) is 15.5 Å². The van der Waals surface area contributed by atoms with Crippen molar-refractivity contribution in [2.24, 2.45) is 17.8 Å². The summed E-state index contributed by atoms with van der Waals surface area (Å²) in [5, 5.41) is 0. The molecule has 0 radical (unpaired) electrons. The normalized spacial score (nSPS) is 32.6. The van der Waals surface area contributed by atoms with Crippen LogP contribution in [0.25, 0.3) is 0 Å². The third-order valence-electron chi connectivity index (χ3n) is 7.45. The van der Waals surface area contributed by atoms with Crippen molar-refractivity contribution in [3.8, 4) is 0 Å². The Bertz CT molecular complexity index is 879. The molecular weight excluding hydrogens is 422 g/mol. The van der Waals surface area contributed by atoms with Gasteiger partial charge in [0.25, 0.3) is 0 Å². The fraction of sp³-hybridized carbons (Fsp3) is 0.565. The average Bonchev–Trinajstić information content (AvgIpc) is 3.16. The molecule has 0 spiro atoms. The zero-order chi connectivity index (χ0) is 21.0. The quantitative estimate of drug-likeness (QED) is 0.615. The number of methoxy groups -OCH3 is 2. The number of ether oxygens (including phenoxy) is 2. The summed E-state index contributed by atoms with van der Waals surface area (Å²) in [6, 6.07) is 3.66. The molecule has 4 fully saturated rings. The Morgan fingerprint density at radius 1 is 0.967 bits per heavy atom. The lowest BCUT2D eigenvalue weighted by molar-refractivity contribution is -0.137. The molecule has 1 aromatic heterocycles. The number of hydrogen-bond acceptors (Lipinski definition) is 6. The molecule has 2 heterocycles. The van der Waals surface area contributed by atoms with Gasteiger partial charge in [-0.2, -0.15) is 0 Å². The van der Waals surface area contributed by atoms with Crippen LogP contribution < -0.4 is 0 Å². The zero-order valence-electron chi connectivity index (χ0n) is 17.2. The molecule has 4 aliphatic carbocycles. The van der Waals surface area contributed by atoms with Crippen LogP contribution in [0.3, 0.4) is 0 Å². The fourth-order valence-corrected chi connectivity index (χ4v) is 7.87. The number of hydrogen-bond donors (Lipinski definition) is 0. The Hall–Kier alpha value is -1.79. The number of esters is 2. The highest BCUT2D eigenvalue weighted by Gasteiger charge is 2.54. The molecule has 4 bridgehead atoms. The van der Waals surface area contributed by atoms with Crippen LogP contribution in [0.15, 0.2) is 35.7 Å². The van der Waals surface area contributed by atoms with Gasteiger partial charge in [-0.05, 0) is 68.4 Å². The van der Waals surface area contributed by atoms with Crippen LogP contribution in [-0.2, 0) is 19.1 Å². The number of rotatable bonds is 4. The summed E-state index contributed by atoms with van der Waals surface area (Å²) in [4.78, 5) is 28.7. The second kappa shape index (κ2) is 7.41. The summed E-state index contributed by atoms with van der Waals surface area (Å²) < 4.78 is 10.9. The van der Waals surface area contributed by atoms with Crippen LogP contribution in [0.1, 0.15) is 49.3 Å². The van der Waals surface area contributed by atoms with Gasteiger partial charge in [0, 0.05) is 22.8 Å². The molecule has 6 rings (SSSR count). The molecule has 0 aromatic carbocycles. The molecule has 7 heteroatoms. The number of thiophene rings is 1. The Kier molecular flexibility index (Phi) is 4.98. The van der Waals surface area contributed by atoms with Gasteiger partial charge in [0.15, 0.2) is 0 Å². The summed E-state index contributed by atoms with van der Waals surface area (Å²) >= 11 is 7.55. The molecular formula is C23H26ClNO4S. The van der Waals surface area contributed by atoms with E-state index in [9.17, 15) is 9.59 Å². The first-order valence-corrected chi connectivity index (χ1v) is 11.8. The fourth-order valence-electron chi connectivity index (χ4n) is 6.68. The maximum absolute atomic E-state index is 12.9. The summed E-state index contributed by atoms with van der Waals surface area (Å²) in [5.41, 5.74) is 0.912. The molecule has 5 nitrogen and oxygen atoms in total. The first kappa shape index (κ1) is 20.1. The van der Waals surface area contributed by atoms with E-state index in [2.05, 4.69) is 4.90 Å². The first-order valence-electron chi connectivity index (χ1n) is 10.6. The largest absolute Gasteiger partial charge is 0.466 e. The van der Waals surface area contributed by atoms with Gasteiger partial charge >= 0.3 is 11.9 Å². The summed E-state index contributed by atoms with van der Waals surface area (Å²) in [6.45, 7) is 0.